The van der Waals surface area contributed by atoms with Crippen LogP contribution in [0.2, 0.25) is 0 Å². The highest BCUT2D eigenvalue weighted by Gasteiger charge is 2.14. The van der Waals surface area contributed by atoms with Gasteiger partial charge in [-0.15, -0.1) is 0 Å². The summed E-state index contributed by atoms with van der Waals surface area (Å²) >= 11 is 3.51. The molecule has 1 heterocycles. The van der Waals surface area contributed by atoms with Crippen LogP contribution in [0.4, 0.5) is 4.39 Å². The lowest BCUT2D eigenvalue weighted by Gasteiger charge is -2.11. The van der Waals surface area contributed by atoms with Crippen LogP contribution in [0, 0.1) is 5.82 Å². The fraction of sp³-hybridized carbons (Fsp3) is 0.400. The van der Waals surface area contributed by atoms with Crippen LogP contribution in [0.3, 0.4) is 0 Å². The zero-order valence-electron chi connectivity index (χ0n) is 12.4. The van der Waals surface area contributed by atoms with Crippen molar-refractivity contribution in [3.63, 3.8) is 0 Å². The van der Waals surface area contributed by atoms with Crippen LogP contribution in [0.5, 0.6) is 5.75 Å². The minimum absolute atomic E-state index is 0.202. The molecular formula is C15H19BrFN3O. The number of halogens is 2. The summed E-state index contributed by atoms with van der Waals surface area (Å²) in [4.78, 5) is 0. The molecule has 0 fully saturated rings. The van der Waals surface area contributed by atoms with Gasteiger partial charge in [0.2, 0.25) is 0 Å². The average Bonchev–Trinajstić information content (AvgIpc) is 2.72. The van der Waals surface area contributed by atoms with Crippen LogP contribution < -0.4 is 10.5 Å². The molecule has 0 aliphatic carbocycles. The number of hydrogen-bond acceptors (Lipinski definition) is 3. The summed E-state index contributed by atoms with van der Waals surface area (Å²) in [7, 11) is 1.85. The van der Waals surface area contributed by atoms with Gasteiger partial charge < -0.3 is 10.5 Å². The number of aryl methyl sites for hydroxylation is 2. The van der Waals surface area contributed by atoms with Gasteiger partial charge in [-0.25, -0.2) is 4.39 Å². The molecule has 0 amide bonds. The number of nitrogens with two attached hydrogens (primary N) is 1. The lowest BCUT2D eigenvalue weighted by molar-refractivity contribution is 0.279. The van der Waals surface area contributed by atoms with Crippen LogP contribution >= 0.6 is 15.9 Å². The molecule has 1 aromatic heterocycles. The zero-order chi connectivity index (χ0) is 15.6. The molecule has 1 atom stereocenters. The summed E-state index contributed by atoms with van der Waals surface area (Å²) in [6, 6.07) is 4.60. The molecular weight excluding hydrogens is 337 g/mol. The largest absolute Gasteiger partial charge is 0.484 e. The fourth-order valence-electron chi connectivity index (χ4n) is 2.04. The molecule has 2 N–H and O–H groups in total. The van der Waals surface area contributed by atoms with Crippen molar-refractivity contribution in [1.29, 1.82) is 0 Å². The van der Waals surface area contributed by atoms with Gasteiger partial charge in [-0.1, -0.05) is 13.0 Å². The van der Waals surface area contributed by atoms with Crippen molar-refractivity contribution in [2.45, 2.75) is 32.9 Å². The maximum atomic E-state index is 14.0. The Labute approximate surface area is 132 Å². The highest BCUT2D eigenvalue weighted by molar-refractivity contribution is 9.10. The predicted molar refractivity (Wildman–Crippen MR) is 83.6 cm³/mol. The quantitative estimate of drug-likeness (QED) is 0.892. The maximum Gasteiger partial charge on any atom is 0.165 e. The lowest BCUT2D eigenvalue weighted by atomic mass is 10.1. The van der Waals surface area contributed by atoms with E-state index in [1.807, 2.05) is 20.9 Å². The average molecular weight is 356 g/mol. The van der Waals surface area contributed by atoms with Crippen molar-refractivity contribution in [3.05, 3.63) is 45.4 Å². The van der Waals surface area contributed by atoms with E-state index in [9.17, 15) is 4.39 Å². The number of rotatable bonds is 5. The second kappa shape index (κ2) is 6.58. The first-order valence-electron chi connectivity index (χ1n) is 6.82. The molecule has 21 heavy (non-hydrogen) atoms. The van der Waals surface area contributed by atoms with Crippen LogP contribution in [0.1, 0.15) is 36.8 Å². The standard InChI is InChI=1S/C15H19BrFN3O/c1-4-12-15(16)13(20(3)19-12)8-21-14-6-5-10(9(2)18)7-11(14)17/h5-7,9H,4,8,18H2,1-3H3/t9-/m0/s1. The van der Waals surface area contributed by atoms with Crippen molar-refractivity contribution in [2.75, 3.05) is 0 Å². The third kappa shape index (κ3) is 3.44. The van der Waals surface area contributed by atoms with Crippen molar-refractivity contribution in [3.8, 4) is 5.75 Å². The summed E-state index contributed by atoms with van der Waals surface area (Å²) in [6.45, 7) is 4.09. The Kier molecular flexibility index (Phi) is 5.00. The van der Waals surface area contributed by atoms with E-state index >= 15 is 0 Å². The van der Waals surface area contributed by atoms with Gasteiger partial charge in [0, 0.05) is 13.1 Å². The molecule has 0 aliphatic rings. The number of benzene rings is 1. The minimum Gasteiger partial charge on any atom is -0.484 e. The zero-order valence-corrected chi connectivity index (χ0v) is 13.9. The minimum atomic E-state index is -0.404. The third-order valence-electron chi connectivity index (χ3n) is 3.35. The maximum absolute atomic E-state index is 14.0. The van der Waals surface area contributed by atoms with Crippen LogP contribution in [-0.2, 0) is 20.1 Å². The highest BCUT2D eigenvalue weighted by Crippen LogP contribution is 2.25. The van der Waals surface area contributed by atoms with Gasteiger partial charge in [-0.05, 0) is 47.0 Å². The van der Waals surface area contributed by atoms with Crippen molar-refractivity contribution in [1.82, 2.24) is 9.78 Å². The summed E-state index contributed by atoms with van der Waals surface area (Å²) in [5.74, 6) is -0.190. The fourth-order valence-corrected chi connectivity index (χ4v) is 2.77. The van der Waals surface area contributed by atoms with Gasteiger partial charge in [-0.2, -0.15) is 5.10 Å². The monoisotopic (exact) mass is 355 g/mol. The van der Waals surface area contributed by atoms with Gasteiger partial charge >= 0.3 is 0 Å². The van der Waals surface area contributed by atoms with Crippen LogP contribution in [0.15, 0.2) is 22.7 Å². The topological polar surface area (TPSA) is 53.1 Å². The Morgan fingerprint density at radius 2 is 2.19 bits per heavy atom. The first-order chi connectivity index (χ1) is 9.93. The van der Waals surface area contributed by atoms with Gasteiger partial charge in [0.15, 0.2) is 11.6 Å². The van der Waals surface area contributed by atoms with Crippen LogP contribution in [-0.4, -0.2) is 9.78 Å². The van der Waals surface area contributed by atoms with E-state index in [4.69, 9.17) is 10.5 Å². The summed E-state index contributed by atoms with van der Waals surface area (Å²) in [5, 5.41) is 4.38. The van der Waals surface area contributed by atoms with E-state index in [0.717, 1.165) is 27.8 Å². The summed E-state index contributed by atoms with van der Waals surface area (Å²) < 4.78 is 22.2. The Balaban J connectivity index is 2.15. The predicted octanol–water partition coefficient (Wildman–Crippen LogP) is 3.48. The van der Waals surface area contributed by atoms with E-state index in [1.165, 1.54) is 6.07 Å². The van der Waals surface area contributed by atoms with Gasteiger partial charge in [0.05, 0.1) is 15.9 Å². The second-order valence-corrected chi connectivity index (χ2v) is 5.74. The molecule has 1 aromatic carbocycles. The Bertz CT molecular complexity index is 640. The molecule has 2 rings (SSSR count). The first kappa shape index (κ1) is 16.0. The molecule has 6 heteroatoms. The molecule has 2 aromatic rings. The molecule has 0 unspecified atom stereocenters. The van der Waals surface area contributed by atoms with E-state index in [1.54, 1.807) is 16.8 Å². The second-order valence-electron chi connectivity index (χ2n) is 4.95. The van der Waals surface area contributed by atoms with Crippen molar-refractivity contribution in [2.24, 2.45) is 12.8 Å². The normalized spacial score (nSPS) is 12.5. The van der Waals surface area contributed by atoms with E-state index in [2.05, 4.69) is 21.0 Å². The Morgan fingerprint density at radius 1 is 1.48 bits per heavy atom. The van der Waals surface area contributed by atoms with E-state index < -0.39 is 5.82 Å². The molecule has 0 saturated heterocycles. The molecule has 114 valence electrons. The highest BCUT2D eigenvalue weighted by atomic mass is 79.9. The Morgan fingerprint density at radius 3 is 2.71 bits per heavy atom. The molecule has 0 spiro atoms. The number of ether oxygens (including phenoxy) is 1. The van der Waals surface area contributed by atoms with E-state index in [-0.39, 0.29) is 18.4 Å². The molecule has 0 bridgehead atoms. The molecule has 0 saturated carbocycles. The summed E-state index contributed by atoms with van der Waals surface area (Å²) in [6.07, 6.45) is 0.825. The molecule has 4 nitrogen and oxygen atoms in total. The van der Waals surface area contributed by atoms with E-state index in [0.29, 0.717) is 0 Å². The van der Waals surface area contributed by atoms with Gasteiger partial charge in [0.25, 0.3) is 0 Å². The molecule has 0 aliphatic heterocycles. The Hall–Kier alpha value is -1.40. The van der Waals surface area contributed by atoms with Gasteiger partial charge in [0.1, 0.15) is 6.61 Å². The van der Waals surface area contributed by atoms with Crippen molar-refractivity contribution >= 4 is 15.9 Å². The van der Waals surface area contributed by atoms with Crippen molar-refractivity contribution < 1.29 is 9.13 Å². The number of hydrogen-bond donors (Lipinski definition) is 1. The number of aromatic nitrogens is 2. The molecule has 0 radical (unpaired) electrons. The van der Waals surface area contributed by atoms with Gasteiger partial charge in [-0.3, -0.25) is 4.68 Å². The van der Waals surface area contributed by atoms with Crippen LogP contribution in [0.25, 0.3) is 0 Å². The third-order valence-corrected chi connectivity index (χ3v) is 4.26. The smallest absolute Gasteiger partial charge is 0.165 e. The first-order valence-corrected chi connectivity index (χ1v) is 7.61. The lowest BCUT2D eigenvalue weighted by Crippen LogP contribution is -2.07. The SMILES string of the molecule is CCc1nn(C)c(COc2ccc([C@H](C)N)cc2F)c1Br. The number of nitrogens with zero attached hydrogens (tertiary/aromatic N) is 2. The summed E-state index contributed by atoms with van der Waals surface area (Å²) in [5.41, 5.74) is 8.31.